The van der Waals surface area contributed by atoms with Gasteiger partial charge >= 0.3 is 5.69 Å². The predicted octanol–water partition coefficient (Wildman–Crippen LogP) is 1.25. The molecular formula is C11H10N2O2. The quantitative estimate of drug-likeness (QED) is 0.730. The maximum atomic E-state index is 11.4. The van der Waals surface area contributed by atoms with Crippen LogP contribution in [0.2, 0.25) is 0 Å². The van der Waals surface area contributed by atoms with Gasteiger partial charge in [-0.2, -0.15) is 0 Å². The minimum absolute atomic E-state index is 0.360. The van der Waals surface area contributed by atoms with Gasteiger partial charge in [-0.3, -0.25) is 9.78 Å². The maximum Gasteiger partial charge on any atom is 0.326 e. The van der Waals surface area contributed by atoms with Crippen LogP contribution in [0.3, 0.4) is 0 Å². The highest BCUT2D eigenvalue weighted by Gasteiger charge is 1.99. The summed E-state index contributed by atoms with van der Waals surface area (Å²) in [6.07, 6.45) is 3.80. The summed E-state index contributed by atoms with van der Waals surface area (Å²) in [5, 5.41) is 0.489. The van der Waals surface area contributed by atoms with Crippen molar-refractivity contribution in [2.75, 3.05) is 0 Å². The van der Waals surface area contributed by atoms with Gasteiger partial charge in [0.05, 0.1) is 10.9 Å². The van der Waals surface area contributed by atoms with E-state index in [9.17, 15) is 9.59 Å². The molecular weight excluding hydrogens is 192 g/mol. The van der Waals surface area contributed by atoms with Crippen molar-refractivity contribution in [2.45, 2.75) is 6.92 Å². The van der Waals surface area contributed by atoms with Crippen LogP contribution in [0, 0.1) is 0 Å². The first-order chi connectivity index (χ1) is 7.20. The largest absolute Gasteiger partial charge is 0.326 e. The first-order valence-corrected chi connectivity index (χ1v) is 4.60. The number of hydrogen-bond donors (Lipinski definition) is 2. The fourth-order valence-electron chi connectivity index (χ4n) is 1.48. The third-order valence-corrected chi connectivity index (χ3v) is 2.12. The van der Waals surface area contributed by atoms with Crippen LogP contribution >= 0.6 is 0 Å². The smallest absolute Gasteiger partial charge is 0.307 e. The van der Waals surface area contributed by atoms with E-state index in [4.69, 9.17) is 0 Å². The second-order valence-electron chi connectivity index (χ2n) is 3.21. The molecule has 76 valence electrons. The summed E-state index contributed by atoms with van der Waals surface area (Å²) in [7, 11) is 0. The molecule has 0 fully saturated rings. The third kappa shape index (κ3) is 1.74. The Kier molecular flexibility index (Phi) is 2.25. The fraction of sp³-hybridized carbons (Fsp3) is 0.0909. The SMILES string of the molecule is C/C=C\c1ccc2c(=O)[nH]c(=O)[nH]c2c1. The average molecular weight is 202 g/mol. The number of aromatic nitrogens is 2. The summed E-state index contributed by atoms with van der Waals surface area (Å²) in [5.41, 5.74) is 0.663. The molecule has 1 heterocycles. The van der Waals surface area contributed by atoms with Crippen LogP contribution in [-0.4, -0.2) is 9.97 Å². The lowest BCUT2D eigenvalue weighted by atomic mass is 10.1. The van der Waals surface area contributed by atoms with Gasteiger partial charge in [0, 0.05) is 0 Å². The van der Waals surface area contributed by atoms with E-state index in [1.165, 1.54) is 0 Å². The molecule has 4 heteroatoms. The van der Waals surface area contributed by atoms with Crippen LogP contribution in [0.25, 0.3) is 17.0 Å². The second-order valence-corrected chi connectivity index (χ2v) is 3.21. The molecule has 0 saturated carbocycles. The highest BCUT2D eigenvalue weighted by Crippen LogP contribution is 2.09. The van der Waals surface area contributed by atoms with Gasteiger partial charge < -0.3 is 4.98 Å². The van der Waals surface area contributed by atoms with Crippen molar-refractivity contribution in [1.82, 2.24) is 9.97 Å². The Hall–Kier alpha value is -2.10. The van der Waals surface area contributed by atoms with Crippen molar-refractivity contribution >= 4 is 17.0 Å². The van der Waals surface area contributed by atoms with E-state index in [2.05, 4.69) is 9.97 Å². The molecule has 0 bridgehead atoms. The Labute approximate surface area is 85.3 Å². The molecule has 0 radical (unpaired) electrons. The van der Waals surface area contributed by atoms with Gasteiger partial charge in [-0.15, -0.1) is 0 Å². The number of nitrogens with one attached hydrogen (secondary N) is 2. The van der Waals surface area contributed by atoms with Crippen LogP contribution in [0.5, 0.6) is 0 Å². The molecule has 0 aliphatic carbocycles. The molecule has 1 aromatic carbocycles. The van der Waals surface area contributed by atoms with E-state index in [-0.39, 0.29) is 5.56 Å². The van der Waals surface area contributed by atoms with Crippen molar-refractivity contribution in [2.24, 2.45) is 0 Å². The summed E-state index contributed by atoms with van der Waals surface area (Å²) in [6, 6.07) is 5.29. The molecule has 0 aliphatic heterocycles. The van der Waals surface area contributed by atoms with Gasteiger partial charge in [-0.1, -0.05) is 18.2 Å². The second kappa shape index (κ2) is 3.57. The predicted molar refractivity (Wildman–Crippen MR) is 59.9 cm³/mol. The molecule has 0 spiro atoms. The van der Waals surface area contributed by atoms with E-state index in [0.29, 0.717) is 10.9 Å². The van der Waals surface area contributed by atoms with Gasteiger partial charge in [0.1, 0.15) is 0 Å². The van der Waals surface area contributed by atoms with Crippen LogP contribution < -0.4 is 11.2 Å². The lowest BCUT2D eigenvalue weighted by molar-refractivity contribution is 1.08. The molecule has 1 aromatic heterocycles. The monoisotopic (exact) mass is 202 g/mol. The normalized spacial score (nSPS) is 11.3. The summed E-state index contributed by atoms with van der Waals surface area (Å²) in [4.78, 5) is 27.2. The molecule has 0 saturated heterocycles. The van der Waals surface area contributed by atoms with E-state index in [1.54, 1.807) is 12.1 Å². The summed E-state index contributed by atoms with van der Waals surface area (Å²) < 4.78 is 0. The molecule has 0 amide bonds. The van der Waals surface area contributed by atoms with Crippen LogP contribution in [0.1, 0.15) is 12.5 Å². The summed E-state index contributed by atoms with van der Waals surface area (Å²) in [6.45, 7) is 1.91. The zero-order valence-corrected chi connectivity index (χ0v) is 8.20. The Balaban J connectivity index is 2.82. The standard InChI is InChI=1S/C11H10N2O2/c1-2-3-7-4-5-8-9(6-7)12-11(15)13-10(8)14/h2-6H,1H3,(H2,12,13,14,15)/b3-2-. The van der Waals surface area contributed by atoms with E-state index < -0.39 is 5.69 Å². The zero-order chi connectivity index (χ0) is 10.8. The molecule has 0 atom stereocenters. The van der Waals surface area contributed by atoms with Gasteiger partial charge in [0.25, 0.3) is 5.56 Å². The Morgan fingerprint density at radius 3 is 2.73 bits per heavy atom. The van der Waals surface area contributed by atoms with Gasteiger partial charge in [-0.25, -0.2) is 4.79 Å². The molecule has 2 N–H and O–H groups in total. The average Bonchev–Trinajstić information content (AvgIpc) is 2.17. The first kappa shape index (κ1) is 9.45. The van der Waals surface area contributed by atoms with E-state index in [0.717, 1.165) is 5.56 Å². The van der Waals surface area contributed by atoms with Crippen molar-refractivity contribution in [1.29, 1.82) is 0 Å². The van der Waals surface area contributed by atoms with Crippen LogP contribution in [0.15, 0.2) is 33.9 Å². The molecule has 0 aliphatic rings. The summed E-state index contributed by atoms with van der Waals surface area (Å²) in [5.74, 6) is 0. The Morgan fingerprint density at radius 2 is 2.00 bits per heavy atom. The maximum absolute atomic E-state index is 11.4. The number of rotatable bonds is 1. The first-order valence-electron chi connectivity index (χ1n) is 4.60. The zero-order valence-electron chi connectivity index (χ0n) is 8.20. The van der Waals surface area contributed by atoms with Gasteiger partial charge in [0.2, 0.25) is 0 Å². The summed E-state index contributed by atoms with van der Waals surface area (Å²) >= 11 is 0. The van der Waals surface area contributed by atoms with Gasteiger partial charge in [0.15, 0.2) is 0 Å². The lowest BCUT2D eigenvalue weighted by Crippen LogP contribution is -2.21. The molecule has 4 nitrogen and oxygen atoms in total. The third-order valence-electron chi connectivity index (χ3n) is 2.12. The van der Waals surface area contributed by atoms with Gasteiger partial charge in [-0.05, 0) is 24.6 Å². The van der Waals surface area contributed by atoms with Crippen molar-refractivity contribution in [3.05, 3.63) is 50.7 Å². The number of aromatic amines is 2. The highest BCUT2D eigenvalue weighted by atomic mass is 16.2. The van der Waals surface area contributed by atoms with Crippen molar-refractivity contribution in [3.63, 3.8) is 0 Å². The minimum atomic E-state index is -0.481. The molecule has 15 heavy (non-hydrogen) atoms. The topological polar surface area (TPSA) is 65.7 Å². The highest BCUT2D eigenvalue weighted by molar-refractivity contribution is 5.79. The minimum Gasteiger partial charge on any atom is -0.307 e. The lowest BCUT2D eigenvalue weighted by Gasteiger charge is -1.97. The van der Waals surface area contributed by atoms with Crippen LogP contribution in [-0.2, 0) is 0 Å². The fourth-order valence-corrected chi connectivity index (χ4v) is 1.48. The molecule has 2 rings (SSSR count). The van der Waals surface area contributed by atoms with Crippen LogP contribution in [0.4, 0.5) is 0 Å². The number of allylic oxidation sites excluding steroid dienone is 1. The molecule has 2 aromatic rings. The molecule has 0 unspecified atom stereocenters. The van der Waals surface area contributed by atoms with Crippen molar-refractivity contribution in [3.8, 4) is 0 Å². The van der Waals surface area contributed by atoms with E-state index >= 15 is 0 Å². The Morgan fingerprint density at radius 1 is 1.20 bits per heavy atom. The van der Waals surface area contributed by atoms with Crippen molar-refractivity contribution < 1.29 is 0 Å². The number of H-pyrrole nitrogens is 2. The number of benzene rings is 1. The number of fused-ring (bicyclic) bond motifs is 1. The van der Waals surface area contributed by atoms with E-state index in [1.807, 2.05) is 25.1 Å². The Bertz CT molecular complexity index is 635. The number of hydrogen-bond acceptors (Lipinski definition) is 2.